The van der Waals surface area contributed by atoms with Gasteiger partial charge in [-0.15, -0.1) is 0 Å². The topological polar surface area (TPSA) is 38.2 Å². The van der Waals surface area contributed by atoms with Crippen molar-refractivity contribution in [2.75, 3.05) is 25.1 Å². The summed E-state index contributed by atoms with van der Waals surface area (Å²) in [4.78, 5) is 10.1. The molecule has 0 atom stereocenters. The summed E-state index contributed by atoms with van der Waals surface area (Å²) >= 11 is 5.80. The van der Waals surface area contributed by atoms with E-state index in [1.807, 2.05) is 43.1 Å². The monoisotopic (exact) mass is 277 g/mol. The number of hydrogen-bond donors (Lipinski definition) is 0. The van der Waals surface area contributed by atoms with Crippen LogP contribution in [0.25, 0.3) is 0 Å². The Balaban J connectivity index is 1.85. The van der Waals surface area contributed by atoms with Crippen molar-refractivity contribution in [3.63, 3.8) is 0 Å². The lowest BCUT2D eigenvalue weighted by molar-refractivity contribution is 0.325. The zero-order chi connectivity index (χ0) is 13.7. The van der Waals surface area contributed by atoms with Crippen molar-refractivity contribution in [3.8, 4) is 5.75 Å². The number of anilines is 1. The summed E-state index contributed by atoms with van der Waals surface area (Å²) in [6.45, 7) is 3.33. The predicted molar refractivity (Wildman–Crippen MR) is 77.0 cm³/mol. The fourth-order valence-electron chi connectivity index (χ4n) is 1.64. The summed E-state index contributed by atoms with van der Waals surface area (Å²) in [5, 5.41) is 0.393. The standard InChI is InChI=1S/C14H16ClN3O/c1-11-4-3-5-12(8-11)19-7-6-18(2)14-10-16-9-13(15)17-14/h3-5,8-10H,6-7H2,1-2H3. The summed E-state index contributed by atoms with van der Waals surface area (Å²) < 4.78 is 5.69. The zero-order valence-corrected chi connectivity index (χ0v) is 11.8. The molecule has 2 rings (SSSR count). The van der Waals surface area contributed by atoms with Gasteiger partial charge in [-0.05, 0) is 24.6 Å². The van der Waals surface area contributed by atoms with Crippen molar-refractivity contribution in [3.05, 3.63) is 47.4 Å². The van der Waals surface area contributed by atoms with Crippen LogP contribution < -0.4 is 9.64 Å². The van der Waals surface area contributed by atoms with Gasteiger partial charge in [0.1, 0.15) is 23.3 Å². The van der Waals surface area contributed by atoms with Gasteiger partial charge in [-0.3, -0.25) is 4.98 Å². The average molecular weight is 278 g/mol. The van der Waals surface area contributed by atoms with Gasteiger partial charge < -0.3 is 9.64 Å². The minimum absolute atomic E-state index is 0.393. The van der Waals surface area contributed by atoms with E-state index >= 15 is 0 Å². The minimum Gasteiger partial charge on any atom is -0.492 e. The molecule has 1 heterocycles. The van der Waals surface area contributed by atoms with Crippen LogP contribution in [-0.4, -0.2) is 30.2 Å². The quantitative estimate of drug-likeness (QED) is 0.842. The van der Waals surface area contributed by atoms with E-state index in [0.29, 0.717) is 18.3 Å². The molecule has 0 saturated carbocycles. The Morgan fingerprint density at radius 2 is 2.16 bits per heavy atom. The van der Waals surface area contributed by atoms with Crippen LogP contribution in [0.5, 0.6) is 5.75 Å². The normalized spacial score (nSPS) is 10.3. The maximum atomic E-state index is 5.80. The summed E-state index contributed by atoms with van der Waals surface area (Å²) in [5.74, 6) is 1.62. The number of nitrogens with zero attached hydrogens (tertiary/aromatic N) is 3. The van der Waals surface area contributed by atoms with Crippen LogP contribution in [0.2, 0.25) is 5.15 Å². The molecule has 0 aliphatic rings. The number of benzene rings is 1. The Kier molecular flexibility index (Phi) is 4.58. The first kappa shape index (κ1) is 13.6. The van der Waals surface area contributed by atoms with Crippen LogP contribution in [0.1, 0.15) is 5.56 Å². The van der Waals surface area contributed by atoms with Crippen molar-refractivity contribution >= 4 is 17.4 Å². The van der Waals surface area contributed by atoms with Gasteiger partial charge in [0.2, 0.25) is 0 Å². The molecule has 0 radical (unpaired) electrons. The fourth-order valence-corrected chi connectivity index (χ4v) is 1.78. The van der Waals surface area contributed by atoms with E-state index in [1.54, 1.807) is 6.20 Å². The second kappa shape index (κ2) is 6.38. The Labute approximate surface area is 118 Å². The van der Waals surface area contributed by atoms with Gasteiger partial charge in [0.15, 0.2) is 0 Å². The molecule has 5 heteroatoms. The molecule has 1 aromatic heterocycles. The van der Waals surface area contributed by atoms with Crippen LogP contribution in [-0.2, 0) is 0 Å². The third-order valence-corrected chi connectivity index (χ3v) is 2.85. The molecule has 1 aromatic carbocycles. The van der Waals surface area contributed by atoms with Crippen LogP contribution in [0.4, 0.5) is 5.82 Å². The summed E-state index contributed by atoms with van der Waals surface area (Å²) in [5.41, 5.74) is 1.19. The largest absolute Gasteiger partial charge is 0.492 e. The van der Waals surface area contributed by atoms with Crippen LogP contribution in [0.15, 0.2) is 36.7 Å². The summed E-state index contributed by atoms with van der Waals surface area (Å²) in [6, 6.07) is 7.99. The summed E-state index contributed by atoms with van der Waals surface area (Å²) in [7, 11) is 1.93. The number of aromatic nitrogens is 2. The van der Waals surface area contributed by atoms with E-state index in [1.165, 1.54) is 11.8 Å². The van der Waals surface area contributed by atoms with Gasteiger partial charge in [-0.25, -0.2) is 4.98 Å². The van der Waals surface area contributed by atoms with Crippen LogP contribution in [0.3, 0.4) is 0 Å². The third-order valence-electron chi connectivity index (χ3n) is 2.67. The first-order valence-electron chi connectivity index (χ1n) is 6.03. The molecule has 0 aliphatic carbocycles. The highest BCUT2D eigenvalue weighted by molar-refractivity contribution is 6.29. The lowest BCUT2D eigenvalue weighted by Crippen LogP contribution is -2.24. The average Bonchev–Trinajstić information content (AvgIpc) is 2.38. The number of aryl methyl sites for hydroxylation is 1. The van der Waals surface area contributed by atoms with Gasteiger partial charge in [0.05, 0.1) is 18.9 Å². The Bertz CT molecular complexity index is 548. The smallest absolute Gasteiger partial charge is 0.149 e. The predicted octanol–water partition coefficient (Wildman–Crippen LogP) is 2.95. The molecule has 0 bridgehead atoms. The van der Waals surface area contributed by atoms with Gasteiger partial charge >= 0.3 is 0 Å². The number of halogens is 1. The van der Waals surface area contributed by atoms with Crippen molar-refractivity contribution in [2.45, 2.75) is 6.92 Å². The SMILES string of the molecule is Cc1cccc(OCCN(C)c2cncc(Cl)n2)c1. The van der Waals surface area contributed by atoms with Gasteiger partial charge in [0.25, 0.3) is 0 Å². The molecular formula is C14H16ClN3O. The van der Waals surface area contributed by atoms with Gasteiger partial charge in [-0.1, -0.05) is 23.7 Å². The molecule has 100 valence electrons. The van der Waals surface area contributed by atoms with Gasteiger partial charge in [0, 0.05) is 7.05 Å². The molecule has 2 aromatic rings. The van der Waals surface area contributed by atoms with E-state index in [2.05, 4.69) is 9.97 Å². The molecule has 0 aliphatic heterocycles. The molecule has 0 fully saturated rings. The lowest BCUT2D eigenvalue weighted by atomic mass is 10.2. The lowest BCUT2D eigenvalue weighted by Gasteiger charge is -2.18. The second-order valence-electron chi connectivity index (χ2n) is 4.29. The van der Waals surface area contributed by atoms with Crippen LogP contribution >= 0.6 is 11.6 Å². The third kappa shape index (κ3) is 4.10. The molecule has 0 spiro atoms. The first-order chi connectivity index (χ1) is 9.15. The van der Waals surface area contributed by atoms with Crippen molar-refractivity contribution in [2.24, 2.45) is 0 Å². The van der Waals surface area contributed by atoms with E-state index in [0.717, 1.165) is 11.6 Å². The minimum atomic E-state index is 0.393. The number of ether oxygens (including phenoxy) is 1. The molecule has 0 N–H and O–H groups in total. The van der Waals surface area contributed by atoms with Crippen molar-refractivity contribution in [1.82, 2.24) is 9.97 Å². The number of rotatable bonds is 5. The Hall–Kier alpha value is -1.81. The van der Waals surface area contributed by atoms with Crippen molar-refractivity contribution in [1.29, 1.82) is 0 Å². The Morgan fingerprint density at radius 1 is 1.32 bits per heavy atom. The highest BCUT2D eigenvalue weighted by Gasteiger charge is 2.04. The van der Waals surface area contributed by atoms with E-state index < -0.39 is 0 Å². The second-order valence-corrected chi connectivity index (χ2v) is 4.67. The molecular weight excluding hydrogens is 262 g/mol. The molecule has 19 heavy (non-hydrogen) atoms. The summed E-state index contributed by atoms with van der Waals surface area (Å²) in [6.07, 6.45) is 3.20. The number of hydrogen-bond acceptors (Lipinski definition) is 4. The van der Waals surface area contributed by atoms with Crippen molar-refractivity contribution < 1.29 is 4.74 Å². The molecule has 0 saturated heterocycles. The van der Waals surface area contributed by atoms with Crippen LogP contribution in [0, 0.1) is 6.92 Å². The Morgan fingerprint density at radius 3 is 2.89 bits per heavy atom. The molecule has 4 nitrogen and oxygen atoms in total. The fraction of sp³-hybridized carbons (Fsp3) is 0.286. The zero-order valence-electron chi connectivity index (χ0n) is 11.0. The molecule has 0 amide bonds. The maximum Gasteiger partial charge on any atom is 0.149 e. The number of likely N-dealkylation sites (N-methyl/N-ethyl adjacent to an activating group) is 1. The van der Waals surface area contributed by atoms with E-state index in [9.17, 15) is 0 Å². The molecule has 0 unspecified atom stereocenters. The van der Waals surface area contributed by atoms with E-state index in [4.69, 9.17) is 16.3 Å². The van der Waals surface area contributed by atoms with E-state index in [-0.39, 0.29) is 0 Å². The first-order valence-corrected chi connectivity index (χ1v) is 6.41. The maximum absolute atomic E-state index is 5.80. The van der Waals surface area contributed by atoms with Gasteiger partial charge in [-0.2, -0.15) is 0 Å². The highest BCUT2D eigenvalue weighted by Crippen LogP contribution is 2.13. The highest BCUT2D eigenvalue weighted by atomic mass is 35.5.